The van der Waals surface area contributed by atoms with Gasteiger partial charge >= 0.3 is 5.97 Å². The van der Waals surface area contributed by atoms with E-state index in [0.717, 1.165) is 62.9 Å². The van der Waals surface area contributed by atoms with E-state index in [-0.39, 0.29) is 17.8 Å². The first-order valence-corrected chi connectivity index (χ1v) is 12.4. The van der Waals surface area contributed by atoms with E-state index in [2.05, 4.69) is 11.4 Å². The third-order valence-electron chi connectivity index (χ3n) is 7.41. The maximum Gasteiger partial charge on any atom is 0.308 e. The van der Waals surface area contributed by atoms with E-state index in [1.807, 2.05) is 65.0 Å². The van der Waals surface area contributed by atoms with Gasteiger partial charge in [0.05, 0.1) is 19.6 Å². The first-order chi connectivity index (χ1) is 17.0. The molecule has 6 heteroatoms. The molecule has 1 N–H and O–H groups in total. The lowest BCUT2D eigenvalue weighted by Crippen LogP contribution is -2.48. The summed E-state index contributed by atoms with van der Waals surface area (Å²) in [6.07, 6.45) is 1.53. The minimum atomic E-state index is -0.533. The molecule has 0 radical (unpaired) electrons. The smallest absolute Gasteiger partial charge is 0.308 e. The number of methoxy groups -OCH3 is 1. The van der Waals surface area contributed by atoms with E-state index < -0.39 is 5.60 Å². The number of esters is 1. The minimum absolute atomic E-state index is 0.0345. The Hall–Kier alpha value is -3.54. The predicted molar refractivity (Wildman–Crippen MR) is 141 cm³/mol. The average molecular weight is 490 g/mol. The zero-order chi connectivity index (χ0) is 26.2. The molecule has 3 aromatic rings. The summed E-state index contributed by atoms with van der Waals surface area (Å²) in [6, 6.07) is 12.0. The number of rotatable bonds is 6. The van der Waals surface area contributed by atoms with E-state index in [1.54, 1.807) is 7.11 Å². The molecule has 1 amide bonds. The second kappa shape index (κ2) is 9.84. The molecule has 1 unspecified atom stereocenters. The van der Waals surface area contributed by atoms with Crippen LogP contribution in [0.4, 0.5) is 0 Å². The van der Waals surface area contributed by atoms with Crippen LogP contribution in [0.2, 0.25) is 0 Å². The molecule has 1 aliphatic heterocycles. The molecule has 0 bridgehead atoms. The molecule has 6 nitrogen and oxygen atoms in total. The Labute approximate surface area is 212 Å². The molecule has 2 atom stereocenters. The van der Waals surface area contributed by atoms with Crippen molar-refractivity contribution in [3.8, 4) is 17.2 Å². The largest absolute Gasteiger partial charge is 0.497 e. The van der Waals surface area contributed by atoms with Crippen LogP contribution < -0.4 is 19.5 Å². The highest BCUT2D eigenvalue weighted by Gasteiger charge is 2.35. The molecule has 0 spiro atoms. The van der Waals surface area contributed by atoms with Gasteiger partial charge < -0.3 is 19.5 Å². The summed E-state index contributed by atoms with van der Waals surface area (Å²) in [7, 11) is 1.65. The summed E-state index contributed by atoms with van der Waals surface area (Å²) in [4.78, 5) is 24.7. The number of amides is 1. The van der Waals surface area contributed by atoms with Crippen molar-refractivity contribution in [2.45, 2.75) is 65.9 Å². The van der Waals surface area contributed by atoms with Crippen LogP contribution in [0.25, 0.3) is 10.8 Å². The molecule has 1 aliphatic rings. The monoisotopic (exact) mass is 489 g/mol. The van der Waals surface area contributed by atoms with Crippen molar-refractivity contribution in [1.82, 2.24) is 5.32 Å². The van der Waals surface area contributed by atoms with Crippen molar-refractivity contribution in [3.63, 3.8) is 0 Å². The number of fused-ring (bicyclic) bond motifs is 2. The number of carbonyl (C=O) groups excluding carboxylic acids is 2. The zero-order valence-corrected chi connectivity index (χ0v) is 22.2. The minimum Gasteiger partial charge on any atom is -0.497 e. The molecular weight excluding hydrogens is 454 g/mol. The van der Waals surface area contributed by atoms with Gasteiger partial charge in [0.15, 0.2) is 0 Å². The molecular formula is C30H35NO5. The maximum absolute atomic E-state index is 13.1. The summed E-state index contributed by atoms with van der Waals surface area (Å²) < 4.78 is 17.3. The van der Waals surface area contributed by atoms with Gasteiger partial charge in [-0.3, -0.25) is 9.59 Å². The van der Waals surface area contributed by atoms with Crippen LogP contribution >= 0.6 is 0 Å². The Kier molecular flexibility index (Phi) is 6.98. The van der Waals surface area contributed by atoms with Crippen molar-refractivity contribution in [2.24, 2.45) is 0 Å². The van der Waals surface area contributed by atoms with Crippen molar-refractivity contribution in [1.29, 1.82) is 0 Å². The van der Waals surface area contributed by atoms with Crippen molar-refractivity contribution >= 4 is 22.6 Å². The standard InChI is InChI=1S/C30H35NO5/c1-17-18(2)28-26(20(4)27(17)35-21(5)32)12-13-30(6,36-28)16-31-29(33)19(3)22-8-9-24-15-25(34-7)11-10-23(24)14-22/h8-11,14-15,19H,12-13,16H2,1-7H3,(H,31,33)/t19-,30?/m0/s1. The lowest BCUT2D eigenvalue weighted by atomic mass is 9.87. The van der Waals surface area contributed by atoms with Crippen LogP contribution in [0.3, 0.4) is 0 Å². The maximum atomic E-state index is 13.1. The fourth-order valence-corrected chi connectivity index (χ4v) is 4.92. The van der Waals surface area contributed by atoms with Gasteiger partial charge in [-0.15, -0.1) is 0 Å². The summed E-state index contributed by atoms with van der Waals surface area (Å²) >= 11 is 0. The number of hydrogen-bond donors (Lipinski definition) is 1. The van der Waals surface area contributed by atoms with Gasteiger partial charge in [-0.2, -0.15) is 0 Å². The third kappa shape index (κ3) is 4.90. The van der Waals surface area contributed by atoms with Gasteiger partial charge in [-0.25, -0.2) is 0 Å². The second-order valence-corrected chi connectivity index (χ2v) is 10.1. The van der Waals surface area contributed by atoms with Gasteiger partial charge in [-0.05, 0) is 92.6 Å². The molecule has 0 fully saturated rings. The topological polar surface area (TPSA) is 73.9 Å². The fraction of sp³-hybridized carbons (Fsp3) is 0.400. The molecule has 190 valence electrons. The summed E-state index contributed by atoms with van der Waals surface area (Å²) in [5, 5.41) is 5.27. The zero-order valence-electron chi connectivity index (χ0n) is 22.2. The molecule has 0 saturated carbocycles. The number of hydrogen-bond acceptors (Lipinski definition) is 5. The lowest BCUT2D eigenvalue weighted by molar-refractivity contribution is -0.132. The number of nitrogens with one attached hydrogen (secondary N) is 1. The lowest BCUT2D eigenvalue weighted by Gasteiger charge is -2.38. The highest BCUT2D eigenvalue weighted by molar-refractivity contribution is 5.88. The Bertz CT molecular complexity index is 1350. The number of benzene rings is 3. The quantitative estimate of drug-likeness (QED) is 0.355. The van der Waals surface area contributed by atoms with Crippen LogP contribution in [-0.2, 0) is 16.0 Å². The molecule has 0 saturated heterocycles. The third-order valence-corrected chi connectivity index (χ3v) is 7.41. The summed E-state index contributed by atoms with van der Waals surface area (Å²) in [5.74, 6) is 1.61. The van der Waals surface area contributed by atoms with Crippen LogP contribution in [-0.4, -0.2) is 31.1 Å². The van der Waals surface area contributed by atoms with Gasteiger partial charge in [0.1, 0.15) is 22.8 Å². The van der Waals surface area contributed by atoms with Crippen LogP contribution in [0, 0.1) is 20.8 Å². The Balaban J connectivity index is 1.48. The summed E-state index contributed by atoms with van der Waals surface area (Å²) in [5.41, 5.74) is 4.30. The Morgan fingerprint density at radius 2 is 1.75 bits per heavy atom. The van der Waals surface area contributed by atoms with Crippen LogP contribution in [0.15, 0.2) is 36.4 Å². The fourth-order valence-electron chi connectivity index (χ4n) is 4.92. The van der Waals surface area contributed by atoms with Gasteiger partial charge in [0, 0.05) is 12.5 Å². The predicted octanol–water partition coefficient (Wildman–Crippen LogP) is 5.70. The van der Waals surface area contributed by atoms with E-state index in [1.165, 1.54) is 6.92 Å². The highest BCUT2D eigenvalue weighted by Crippen LogP contribution is 2.43. The second-order valence-electron chi connectivity index (χ2n) is 10.1. The van der Waals surface area contributed by atoms with Gasteiger partial charge in [-0.1, -0.05) is 24.3 Å². The SMILES string of the molecule is COc1ccc2cc([C@H](C)C(=O)NCC3(C)CCc4c(C)c(OC(C)=O)c(C)c(C)c4O3)ccc2c1. The average Bonchev–Trinajstić information content (AvgIpc) is 2.87. The molecule has 3 aromatic carbocycles. The summed E-state index contributed by atoms with van der Waals surface area (Å²) in [6.45, 7) is 11.7. The van der Waals surface area contributed by atoms with Crippen LogP contribution in [0.1, 0.15) is 60.9 Å². The normalized spacial score (nSPS) is 17.6. The molecule has 4 rings (SSSR count). The first-order valence-electron chi connectivity index (χ1n) is 12.4. The van der Waals surface area contributed by atoms with E-state index >= 15 is 0 Å². The number of ether oxygens (including phenoxy) is 3. The van der Waals surface area contributed by atoms with E-state index in [4.69, 9.17) is 14.2 Å². The van der Waals surface area contributed by atoms with Crippen molar-refractivity contribution < 1.29 is 23.8 Å². The number of carbonyl (C=O) groups is 2. The molecule has 1 heterocycles. The highest BCUT2D eigenvalue weighted by atomic mass is 16.5. The van der Waals surface area contributed by atoms with E-state index in [9.17, 15) is 9.59 Å². The van der Waals surface area contributed by atoms with Crippen molar-refractivity contribution in [3.05, 3.63) is 64.2 Å². The first kappa shape index (κ1) is 25.5. The molecule has 0 aliphatic carbocycles. The Morgan fingerprint density at radius 3 is 2.44 bits per heavy atom. The van der Waals surface area contributed by atoms with Crippen molar-refractivity contribution in [2.75, 3.05) is 13.7 Å². The molecule has 36 heavy (non-hydrogen) atoms. The molecule has 0 aromatic heterocycles. The van der Waals surface area contributed by atoms with Gasteiger partial charge in [0.25, 0.3) is 0 Å². The Morgan fingerprint density at radius 1 is 1.06 bits per heavy atom. The van der Waals surface area contributed by atoms with Gasteiger partial charge in [0.2, 0.25) is 5.91 Å². The van der Waals surface area contributed by atoms with E-state index in [0.29, 0.717) is 12.3 Å². The van der Waals surface area contributed by atoms with Crippen LogP contribution in [0.5, 0.6) is 17.2 Å².